The molecule has 2 heteroatoms. The standard InChI is InChI=1S/C29H44N2/c1-3-5-7-9-11-13-17-24-21-22-27-26-19-15-16-20-28(26)31(23-30)29(27)25(24)18-14-12-10-8-6-4-2/h15-16,19-22H,3-14,17-18,23,30H2,1-2H3. The van der Waals surface area contributed by atoms with Crippen LogP contribution in [0.25, 0.3) is 21.8 Å². The summed E-state index contributed by atoms with van der Waals surface area (Å²) in [5.74, 6) is 0. The molecule has 2 nitrogen and oxygen atoms in total. The summed E-state index contributed by atoms with van der Waals surface area (Å²) >= 11 is 0. The normalized spacial score (nSPS) is 11.7. The summed E-state index contributed by atoms with van der Waals surface area (Å²) < 4.78 is 2.36. The number of aryl methyl sites for hydroxylation is 2. The number of hydrogen-bond donors (Lipinski definition) is 1. The number of aromatic nitrogens is 1. The Morgan fingerprint density at radius 3 is 1.94 bits per heavy atom. The highest BCUT2D eigenvalue weighted by molar-refractivity contribution is 6.09. The molecule has 0 saturated carbocycles. The molecule has 0 aliphatic heterocycles. The van der Waals surface area contributed by atoms with E-state index in [0.29, 0.717) is 6.67 Å². The number of fused-ring (bicyclic) bond motifs is 3. The Bertz CT molecular complexity index is 921. The predicted molar refractivity (Wildman–Crippen MR) is 138 cm³/mol. The fourth-order valence-electron chi connectivity index (χ4n) is 5.14. The van der Waals surface area contributed by atoms with Gasteiger partial charge in [-0.05, 0) is 42.9 Å². The molecule has 0 unspecified atom stereocenters. The van der Waals surface area contributed by atoms with Crippen LogP contribution in [0.2, 0.25) is 0 Å². The summed E-state index contributed by atoms with van der Waals surface area (Å²) in [5, 5.41) is 2.73. The number of rotatable bonds is 15. The van der Waals surface area contributed by atoms with Crippen LogP contribution in [0, 0.1) is 0 Å². The summed E-state index contributed by atoms with van der Waals surface area (Å²) in [5.41, 5.74) is 12.1. The van der Waals surface area contributed by atoms with Gasteiger partial charge in [0.15, 0.2) is 0 Å². The Balaban J connectivity index is 1.84. The van der Waals surface area contributed by atoms with Gasteiger partial charge in [0.05, 0.1) is 17.7 Å². The number of hydrogen-bond acceptors (Lipinski definition) is 1. The third-order valence-electron chi connectivity index (χ3n) is 6.90. The molecule has 3 aromatic rings. The molecule has 0 fully saturated rings. The molecule has 170 valence electrons. The van der Waals surface area contributed by atoms with Crippen molar-refractivity contribution in [2.24, 2.45) is 5.73 Å². The molecule has 0 radical (unpaired) electrons. The lowest BCUT2D eigenvalue weighted by atomic mass is 9.94. The van der Waals surface area contributed by atoms with Gasteiger partial charge < -0.3 is 10.3 Å². The topological polar surface area (TPSA) is 30.9 Å². The minimum Gasteiger partial charge on any atom is -0.327 e. The second-order valence-electron chi connectivity index (χ2n) is 9.26. The molecule has 2 N–H and O–H groups in total. The average Bonchev–Trinajstić information content (AvgIpc) is 3.13. The van der Waals surface area contributed by atoms with Crippen LogP contribution < -0.4 is 5.73 Å². The molecule has 0 bridgehead atoms. The molecule has 3 rings (SSSR count). The minimum atomic E-state index is 0.550. The van der Waals surface area contributed by atoms with E-state index in [1.165, 1.54) is 112 Å². The van der Waals surface area contributed by atoms with Crippen molar-refractivity contribution in [1.82, 2.24) is 4.57 Å². The van der Waals surface area contributed by atoms with Gasteiger partial charge in [0.2, 0.25) is 0 Å². The van der Waals surface area contributed by atoms with Gasteiger partial charge >= 0.3 is 0 Å². The Morgan fingerprint density at radius 2 is 1.26 bits per heavy atom. The van der Waals surface area contributed by atoms with Crippen molar-refractivity contribution in [3.63, 3.8) is 0 Å². The SMILES string of the molecule is CCCCCCCCc1ccc2c3ccccc3n(CN)c2c1CCCCCCCC. The Labute approximate surface area is 190 Å². The van der Waals surface area contributed by atoms with Crippen LogP contribution >= 0.6 is 0 Å². The van der Waals surface area contributed by atoms with E-state index in [1.807, 2.05) is 0 Å². The number of nitrogens with zero attached hydrogens (tertiary/aromatic N) is 1. The van der Waals surface area contributed by atoms with Crippen LogP contribution in [0.3, 0.4) is 0 Å². The van der Waals surface area contributed by atoms with E-state index in [9.17, 15) is 0 Å². The lowest BCUT2D eigenvalue weighted by molar-refractivity contribution is 0.599. The van der Waals surface area contributed by atoms with Crippen molar-refractivity contribution in [2.75, 3.05) is 0 Å². The van der Waals surface area contributed by atoms with Crippen LogP contribution in [-0.2, 0) is 19.5 Å². The maximum atomic E-state index is 6.29. The molecule has 0 atom stereocenters. The molecule has 0 saturated heterocycles. The summed E-state index contributed by atoms with van der Waals surface area (Å²) in [6, 6.07) is 13.6. The zero-order chi connectivity index (χ0) is 21.9. The number of para-hydroxylation sites is 1. The number of benzene rings is 2. The highest BCUT2D eigenvalue weighted by Gasteiger charge is 2.16. The quantitative estimate of drug-likeness (QED) is 0.245. The molecular weight excluding hydrogens is 376 g/mol. The molecule has 0 amide bonds. The third kappa shape index (κ3) is 6.13. The Hall–Kier alpha value is -1.80. The maximum Gasteiger partial charge on any atom is 0.0707 e. The molecule has 2 aromatic carbocycles. The second kappa shape index (κ2) is 12.9. The largest absolute Gasteiger partial charge is 0.327 e. The van der Waals surface area contributed by atoms with E-state index in [0.717, 1.165) is 0 Å². The van der Waals surface area contributed by atoms with Crippen LogP contribution in [0.5, 0.6) is 0 Å². The van der Waals surface area contributed by atoms with E-state index in [-0.39, 0.29) is 0 Å². The van der Waals surface area contributed by atoms with Gasteiger partial charge in [-0.1, -0.05) is 108 Å². The lowest BCUT2D eigenvalue weighted by Crippen LogP contribution is -2.09. The van der Waals surface area contributed by atoms with Crippen molar-refractivity contribution in [1.29, 1.82) is 0 Å². The molecule has 0 aliphatic rings. The van der Waals surface area contributed by atoms with Gasteiger partial charge in [-0.15, -0.1) is 0 Å². The van der Waals surface area contributed by atoms with Crippen molar-refractivity contribution in [3.8, 4) is 0 Å². The maximum absolute atomic E-state index is 6.29. The highest BCUT2D eigenvalue weighted by Crippen LogP contribution is 2.34. The van der Waals surface area contributed by atoms with E-state index in [1.54, 1.807) is 11.1 Å². The van der Waals surface area contributed by atoms with Gasteiger partial charge in [-0.3, -0.25) is 0 Å². The van der Waals surface area contributed by atoms with E-state index in [2.05, 4.69) is 54.8 Å². The van der Waals surface area contributed by atoms with Gasteiger partial charge in [0.25, 0.3) is 0 Å². The summed E-state index contributed by atoms with van der Waals surface area (Å²) in [6.45, 7) is 5.13. The van der Waals surface area contributed by atoms with Crippen LogP contribution in [0.15, 0.2) is 36.4 Å². The van der Waals surface area contributed by atoms with Gasteiger partial charge in [0, 0.05) is 10.8 Å². The van der Waals surface area contributed by atoms with Crippen LogP contribution in [0.1, 0.15) is 102 Å². The van der Waals surface area contributed by atoms with Crippen molar-refractivity contribution < 1.29 is 0 Å². The molecule has 0 aliphatic carbocycles. The van der Waals surface area contributed by atoms with Crippen molar-refractivity contribution >= 4 is 21.8 Å². The van der Waals surface area contributed by atoms with Gasteiger partial charge in [-0.2, -0.15) is 0 Å². The highest BCUT2D eigenvalue weighted by atomic mass is 15.0. The van der Waals surface area contributed by atoms with E-state index in [4.69, 9.17) is 5.73 Å². The smallest absolute Gasteiger partial charge is 0.0707 e. The molecule has 1 aromatic heterocycles. The minimum absolute atomic E-state index is 0.550. The van der Waals surface area contributed by atoms with Crippen molar-refractivity contribution in [2.45, 2.75) is 110 Å². The first-order chi connectivity index (χ1) is 15.3. The number of unbranched alkanes of at least 4 members (excludes halogenated alkanes) is 10. The third-order valence-corrected chi connectivity index (χ3v) is 6.90. The zero-order valence-electron chi connectivity index (χ0n) is 20.1. The lowest BCUT2D eigenvalue weighted by Gasteiger charge is -2.15. The fraction of sp³-hybridized carbons (Fsp3) is 0.586. The summed E-state index contributed by atoms with van der Waals surface area (Å²) in [6.07, 6.45) is 18.6. The fourth-order valence-corrected chi connectivity index (χ4v) is 5.14. The Kier molecular flexibility index (Phi) is 9.93. The zero-order valence-corrected chi connectivity index (χ0v) is 20.1. The Morgan fingerprint density at radius 1 is 0.645 bits per heavy atom. The van der Waals surface area contributed by atoms with Crippen molar-refractivity contribution in [3.05, 3.63) is 47.5 Å². The van der Waals surface area contributed by atoms with Gasteiger partial charge in [-0.25, -0.2) is 0 Å². The first kappa shape index (κ1) is 23.9. The molecule has 0 spiro atoms. The monoisotopic (exact) mass is 420 g/mol. The van der Waals surface area contributed by atoms with Crippen LogP contribution in [0.4, 0.5) is 0 Å². The number of nitrogens with two attached hydrogens (primary N) is 1. The predicted octanol–water partition coefficient (Wildman–Crippen LogP) is 8.52. The summed E-state index contributed by atoms with van der Waals surface area (Å²) in [4.78, 5) is 0. The first-order valence-electron chi connectivity index (χ1n) is 13.0. The molecular formula is C29H44N2. The first-order valence-corrected chi connectivity index (χ1v) is 13.0. The summed E-state index contributed by atoms with van der Waals surface area (Å²) in [7, 11) is 0. The molecule has 1 heterocycles. The van der Waals surface area contributed by atoms with E-state index < -0.39 is 0 Å². The van der Waals surface area contributed by atoms with E-state index >= 15 is 0 Å². The van der Waals surface area contributed by atoms with Crippen LogP contribution in [-0.4, -0.2) is 4.57 Å². The average molecular weight is 421 g/mol. The van der Waals surface area contributed by atoms with Gasteiger partial charge in [0.1, 0.15) is 0 Å². The second-order valence-corrected chi connectivity index (χ2v) is 9.26. The molecule has 31 heavy (non-hydrogen) atoms.